The maximum Gasteiger partial charge on any atom is 0.287 e. The van der Waals surface area contributed by atoms with Gasteiger partial charge in [-0.1, -0.05) is 23.8 Å². The number of hydrogen-bond acceptors (Lipinski definition) is 4. The number of nitrogens with one attached hydrogen (secondary N) is 2. The molecule has 2 aromatic rings. The molecule has 1 aromatic heterocycles. The van der Waals surface area contributed by atoms with Crippen molar-refractivity contribution in [1.29, 1.82) is 0 Å². The van der Waals surface area contributed by atoms with Gasteiger partial charge in [0, 0.05) is 12.1 Å². The molecule has 0 aliphatic rings. The van der Waals surface area contributed by atoms with Crippen LogP contribution in [-0.4, -0.2) is 19.9 Å². The number of rotatable bonds is 5. The first kappa shape index (κ1) is 19.2. The number of hydrogen-bond donors (Lipinski definition) is 2. The molecule has 0 spiro atoms. The average Bonchev–Trinajstić information content (AvgIpc) is 2.94. The Bertz CT molecular complexity index is 877. The minimum absolute atomic E-state index is 0.0425. The Kier molecular flexibility index (Phi) is 5.39. The first-order valence-corrected chi connectivity index (χ1v) is 9.44. The highest BCUT2D eigenvalue weighted by atomic mass is 32.2. The third kappa shape index (κ3) is 5.17. The molecular formula is C18H24N2O4S. The zero-order valence-corrected chi connectivity index (χ0v) is 16.0. The van der Waals surface area contributed by atoms with E-state index in [4.69, 9.17) is 4.42 Å². The zero-order valence-electron chi connectivity index (χ0n) is 15.1. The Morgan fingerprint density at radius 3 is 2.40 bits per heavy atom. The summed E-state index contributed by atoms with van der Waals surface area (Å²) >= 11 is 0. The first-order valence-electron chi connectivity index (χ1n) is 7.96. The van der Waals surface area contributed by atoms with E-state index in [1.54, 1.807) is 20.8 Å². The highest BCUT2D eigenvalue weighted by Gasteiger charge is 2.26. The van der Waals surface area contributed by atoms with E-state index in [2.05, 4.69) is 10.0 Å². The van der Waals surface area contributed by atoms with Crippen LogP contribution in [0.3, 0.4) is 0 Å². The Balaban J connectivity index is 2.08. The van der Waals surface area contributed by atoms with Gasteiger partial charge in [-0.05, 0) is 57.9 Å². The highest BCUT2D eigenvalue weighted by molar-refractivity contribution is 7.89. The molecule has 0 unspecified atom stereocenters. The highest BCUT2D eigenvalue weighted by Crippen LogP contribution is 2.17. The van der Waals surface area contributed by atoms with E-state index in [0.717, 1.165) is 16.7 Å². The van der Waals surface area contributed by atoms with Crippen molar-refractivity contribution in [2.45, 2.75) is 51.8 Å². The van der Waals surface area contributed by atoms with Crippen LogP contribution in [0.25, 0.3) is 0 Å². The summed E-state index contributed by atoms with van der Waals surface area (Å²) in [6.45, 7) is 9.51. The molecule has 0 fully saturated rings. The molecule has 0 atom stereocenters. The SMILES string of the molecule is Cc1ccc(CNC(=O)c2ccc(S(=O)(=O)NC(C)(C)C)o2)c(C)c1. The Morgan fingerprint density at radius 1 is 1.12 bits per heavy atom. The van der Waals surface area contributed by atoms with Gasteiger partial charge in [0.15, 0.2) is 5.76 Å². The topological polar surface area (TPSA) is 88.4 Å². The van der Waals surface area contributed by atoms with E-state index >= 15 is 0 Å². The van der Waals surface area contributed by atoms with Crippen LogP contribution >= 0.6 is 0 Å². The van der Waals surface area contributed by atoms with Gasteiger partial charge in [0.1, 0.15) is 0 Å². The lowest BCUT2D eigenvalue weighted by Crippen LogP contribution is -2.40. The van der Waals surface area contributed by atoms with Crippen molar-refractivity contribution in [1.82, 2.24) is 10.0 Å². The summed E-state index contributed by atoms with van der Waals surface area (Å²) < 4.78 is 32.1. The van der Waals surface area contributed by atoms with Crippen LogP contribution in [0.4, 0.5) is 0 Å². The molecule has 7 heteroatoms. The molecule has 1 amide bonds. The van der Waals surface area contributed by atoms with Crippen LogP contribution in [0, 0.1) is 13.8 Å². The molecule has 0 saturated heterocycles. The first-order chi connectivity index (χ1) is 11.5. The standard InChI is InChI=1S/C18H24N2O4S/c1-12-6-7-14(13(2)10-12)11-19-17(21)15-8-9-16(24-15)25(22,23)20-18(3,4)5/h6-10,20H,11H2,1-5H3,(H,19,21). The van der Waals surface area contributed by atoms with Crippen molar-refractivity contribution in [3.63, 3.8) is 0 Å². The van der Waals surface area contributed by atoms with Gasteiger partial charge in [-0.2, -0.15) is 0 Å². The van der Waals surface area contributed by atoms with Crippen molar-refractivity contribution in [3.8, 4) is 0 Å². The normalized spacial score (nSPS) is 12.2. The van der Waals surface area contributed by atoms with Gasteiger partial charge >= 0.3 is 0 Å². The number of carbonyl (C=O) groups excluding carboxylic acids is 1. The summed E-state index contributed by atoms with van der Waals surface area (Å²) in [6.07, 6.45) is 0. The van der Waals surface area contributed by atoms with Crippen LogP contribution in [0.5, 0.6) is 0 Å². The van der Waals surface area contributed by atoms with Crippen LogP contribution in [0.15, 0.2) is 39.8 Å². The molecule has 25 heavy (non-hydrogen) atoms. The Morgan fingerprint density at radius 2 is 1.80 bits per heavy atom. The second-order valence-electron chi connectivity index (χ2n) is 7.09. The van der Waals surface area contributed by atoms with Gasteiger partial charge in [-0.3, -0.25) is 4.79 Å². The summed E-state index contributed by atoms with van der Waals surface area (Å²) in [7, 11) is -3.81. The lowest BCUT2D eigenvalue weighted by atomic mass is 10.1. The second kappa shape index (κ2) is 7.01. The minimum atomic E-state index is -3.81. The molecule has 0 aliphatic heterocycles. The van der Waals surface area contributed by atoms with E-state index in [-0.39, 0.29) is 10.9 Å². The van der Waals surface area contributed by atoms with Crippen LogP contribution in [0.2, 0.25) is 0 Å². The minimum Gasteiger partial charge on any atom is -0.438 e. The van der Waals surface area contributed by atoms with Crippen molar-refractivity contribution >= 4 is 15.9 Å². The summed E-state index contributed by atoms with van der Waals surface area (Å²) in [4.78, 5) is 12.2. The molecular weight excluding hydrogens is 340 g/mol. The van der Waals surface area contributed by atoms with E-state index in [1.807, 2.05) is 32.0 Å². The quantitative estimate of drug-likeness (QED) is 0.854. The molecule has 6 nitrogen and oxygen atoms in total. The Labute approximate surface area is 148 Å². The molecule has 136 valence electrons. The molecule has 0 saturated carbocycles. The monoisotopic (exact) mass is 364 g/mol. The van der Waals surface area contributed by atoms with Crippen molar-refractivity contribution in [3.05, 3.63) is 52.8 Å². The molecule has 0 radical (unpaired) electrons. The van der Waals surface area contributed by atoms with Crippen molar-refractivity contribution in [2.24, 2.45) is 0 Å². The predicted octanol–water partition coefficient (Wildman–Crippen LogP) is 2.90. The summed E-state index contributed by atoms with van der Waals surface area (Å²) in [6, 6.07) is 8.60. The second-order valence-corrected chi connectivity index (χ2v) is 8.70. The number of amides is 1. The third-order valence-corrected chi connectivity index (χ3v) is 5.08. The number of furan rings is 1. The lowest BCUT2D eigenvalue weighted by molar-refractivity contribution is 0.0917. The smallest absolute Gasteiger partial charge is 0.287 e. The van der Waals surface area contributed by atoms with Gasteiger partial charge in [-0.25, -0.2) is 13.1 Å². The number of sulfonamides is 1. The van der Waals surface area contributed by atoms with Crippen molar-refractivity contribution < 1.29 is 17.6 Å². The summed E-state index contributed by atoms with van der Waals surface area (Å²) in [5, 5.41) is 2.46. The predicted molar refractivity (Wildman–Crippen MR) is 95.9 cm³/mol. The van der Waals surface area contributed by atoms with Gasteiger partial charge in [0.05, 0.1) is 0 Å². The van der Waals surface area contributed by atoms with E-state index in [9.17, 15) is 13.2 Å². The number of benzene rings is 1. The number of aryl methyl sites for hydroxylation is 2. The summed E-state index contributed by atoms with van der Waals surface area (Å²) in [5.74, 6) is -0.503. The maximum absolute atomic E-state index is 12.2. The summed E-state index contributed by atoms with van der Waals surface area (Å²) in [5.41, 5.74) is 2.58. The van der Waals surface area contributed by atoms with Crippen molar-refractivity contribution in [2.75, 3.05) is 0 Å². The lowest BCUT2D eigenvalue weighted by Gasteiger charge is -2.18. The molecule has 2 N–H and O–H groups in total. The fraction of sp³-hybridized carbons (Fsp3) is 0.389. The fourth-order valence-corrected chi connectivity index (χ4v) is 3.70. The van der Waals surface area contributed by atoms with Gasteiger partial charge in [0.2, 0.25) is 5.09 Å². The zero-order chi connectivity index (χ0) is 18.8. The van der Waals surface area contributed by atoms with E-state index in [1.165, 1.54) is 12.1 Å². The van der Waals surface area contributed by atoms with E-state index < -0.39 is 21.5 Å². The molecule has 0 bridgehead atoms. The average molecular weight is 364 g/mol. The molecule has 2 rings (SSSR count). The molecule has 1 aromatic carbocycles. The van der Waals surface area contributed by atoms with Gasteiger partial charge in [-0.15, -0.1) is 0 Å². The maximum atomic E-state index is 12.2. The largest absolute Gasteiger partial charge is 0.438 e. The van der Waals surface area contributed by atoms with Crippen LogP contribution < -0.4 is 10.0 Å². The Hall–Kier alpha value is -2.12. The van der Waals surface area contributed by atoms with Gasteiger partial charge in [0.25, 0.3) is 15.9 Å². The number of carbonyl (C=O) groups is 1. The third-order valence-electron chi connectivity index (χ3n) is 3.45. The van der Waals surface area contributed by atoms with Gasteiger partial charge < -0.3 is 9.73 Å². The van der Waals surface area contributed by atoms with Crippen LogP contribution in [-0.2, 0) is 16.6 Å². The van der Waals surface area contributed by atoms with Crippen LogP contribution in [0.1, 0.15) is 48.0 Å². The fourth-order valence-electron chi connectivity index (χ4n) is 2.35. The molecule has 0 aliphatic carbocycles. The molecule has 1 heterocycles. The van der Waals surface area contributed by atoms with E-state index in [0.29, 0.717) is 6.54 Å².